The van der Waals surface area contributed by atoms with Crippen LogP contribution in [0.3, 0.4) is 0 Å². The number of fused-ring (bicyclic) bond motifs is 1. The molecular formula is C20H21NO3. The van der Waals surface area contributed by atoms with Crippen molar-refractivity contribution in [3.05, 3.63) is 59.7 Å². The summed E-state index contributed by atoms with van der Waals surface area (Å²) in [5.74, 6) is 1.41. The van der Waals surface area contributed by atoms with Crippen molar-refractivity contribution in [2.45, 2.75) is 12.8 Å². The first-order chi connectivity index (χ1) is 11.7. The molecule has 4 nitrogen and oxygen atoms in total. The van der Waals surface area contributed by atoms with Gasteiger partial charge in [-0.3, -0.25) is 4.79 Å². The van der Waals surface area contributed by atoms with Crippen molar-refractivity contribution in [3.63, 3.8) is 0 Å². The van der Waals surface area contributed by atoms with Crippen molar-refractivity contribution in [2.24, 2.45) is 0 Å². The van der Waals surface area contributed by atoms with Crippen LogP contribution in [0.15, 0.2) is 48.5 Å². The number of carbonyl (C=O) groups excluding carboxylic acids is 1. The van der Waals surface area contributed by atoms with Gasteiger partial charge < -0.3 is 14.4 Å². The summed E-state index contributed by atoms with van der Waals surface area (Å²) in [5, 5.41) is 0. The number of hydrogen-bond acceptors (Lipinski definition) is 3. The molecule has 2 aromatic carbocycles. The predicted molar refractivity (Wildman–Crippen MR) is 95.7 cm³/mol. The van der Waals surface area contributed by atoms with Gasteiger partial charge in [0.15, 0.2) is 0 Å². The maximum absolute atomic E-state index is 12.7. The molecule has 24 heavy (non-hydrogen) atoms. The Morgan fingerprint density at radius 1 is 1.12 bits per heavy atom. The Morgan fingerprint density at radius 3 is 2.75 bits per heavy atom. The Bertz CT molecular complexity index is 767. The lowest BCUT2D eigenvalue weighted by Gasteiger charge is -2.28. The summed E-state index contributed by atoms with van der Waals surface area (Å²) in [6.45, 7) is 0.745. The first-order valence-corrected chi connectivity index (χ1v) is 8.02. The number of aryl methyl sites for hydroxylation is 1. The van der Waals surface area contributed by atoms with Crippen LogP contribution in [0.5, 0.6) is 11.5 Å². The van der Waals surface area contributed by atoms with Crippen molar-refractivity contribution >= 4 is 17.7 Å². The summed E-state index contributed by atoms with van der Waals surface area (Å²) in [5.41, 5.74) is 3.05. The number of carbonyl (C=O) groups is 1. The lowest BCUT2D eigenvalue weighted by molar-refractivity contribution is -0.114. The molecule has 1 aliphatic rings. The van der Waals surface area contributed by atoms with Gasteiger partial charge in [0.05, 0.1) is 14.2 Å². The fourth-order valence-electron chi connectivity index (χ4n) is 2.98. The molecule has 4 heteroatoms. The molecule has 0 saturated carbocycles. The summed E-state index contributed by atoms with van der Waals surface area (Å²) < 4.78 is 10.6. The van der Waals surface area contributed by atoms with Crippen LogP contribution in [0.25, 0.3) is 6.08 Å². The van der Waals surface area contributed by atoms with Gasteiger partial charge in [-0.15, -0.1) is 0 Å². The van der Waals surface area contributed by atoms with Gasteiger partial charge >= 0.3 is 0 Å². The Kier molecular flexibility index (Phi) is 4.85. The standard InChI is InChI=1S/C20H21NO3/c1-23-17-10-11-19(24-2)16(14-17)9-12-20(22)21-13-5-7-15-6-3-4-8-18(15)21/h3-4,6,8-12,14H,5,7,13H2,1-2H3. The number of rotatable bonds is 4. The smallest absolute Gasteiger partial charge is 0.250 e. The monoisotopic (exact) mass is 323 g/mol. The van der Waals surface area contributed by atoms with E-state index in [2.05, 4.69) is 6.07 Å². The van der Waals surface area contributed by atoms with Crippen LogP contribution in [-0.2, 0) is 11.2 Å². The van der Waals surface area contributed by atoms with Gasteiger partial charge in [0.25, 0.3) is 5.91 Å². The Morgan fingerprint density at radius 2 is 1.96 bits per heavy atom. The van der Waals surface area contributed by atoms with Crippen LogP contribution in [0.2, 0.25) is 0 Å². The van der Waals surface area contributed by atoms with Gasteiger partial charge in [0.2, 0.25) is 0 Å². The number of benzene rings is 2. The highest BCUT2D eigenvalue weighted by atomic mass is 16.5. The molecule has 0 spiro atoms. The molecule has 0 saturated heterocycles. The van der Waals surface area contributed by atoms with Crippen LogP contribution in [-0.4, -0.2) is 26.7 Å². The number of ether oxygens (including phenoxy) is 2. The van der Waals surface area contributed by atoms with E-state index >= 15 is 0 Å². The molecule has 0 aliphatic carbocycles. The lowest BCUT2D eigenvalue weighted by Crippen LogP contribution is -2.34. The second-order valence-electron chi connectivity index (χ2n) is 5.66. The zero-order chi connectivity index (χ0) is 16.9. The molecule has 2 aromatic rings. The molecular weight excluding hydrogens is 302 g/mol. The minimum Gasteiger partial charge on any atom is -0.497 e. The van der Waals surface area contributed by atoms with Gasteiger partial charge in [-0.05, 0) is 48.7 Å². The quantitative estimate of drug-likeness (QED) is 0.805. The summed E-state index contributed by atoms with van der Waals surface area (Å²) in [6, 6.07) is 13.6. The van der Waals surface area contributed by atoms with Gasteiger partial charge in [-0.25, -0.2) is 0 Å². The molecule has 0 fully saturated rings. The van der Waals surface area contributed by atoms with Gasteiger partial charge in [0, 0.05) is 23.9 Å². The fourth-order valence-corrected chi connectivity index (χ4v) is 2.98. The van der Waals surface area contributed by atoms with E-state index in [1.165, 1.54) is 5.56 Å². The molecule has 0 atom stereocenters. The first-order valence-electron chi connectivity index (χ1n) is 8.02. The highest BCUT2D eigenvalue weighted by Gasteiger charge is 2.20. The van der Waals surface area contributed by atoms with E-state index < -0.39 is 0 Å². The number of amides is 1. The Hall–Kier alpha value is -2.75. The van der Waals surface area contributed by atoms with Gasteiger partial charge in [-0.2, -0.15) is 0 Å². The van der Waals surface area contributed by atoms with Crippen molar-refractivity contribution < 1.29 is 14.3 Å². The van der Waals surface area contributed by atoms with Gasteiger partial charge in [0.1, 0.15) is 11.5 Å². The van der Waals surface area contributed by atoms with Crippen LogP contribution in [0.4, 0.5) is 5.69 Å². The Balaban J connectivity index is 1.84. The molecule has 0 bridgehead atoms. The fraction of sp³-hybridized carbons (Fsp3) is 0.250. The van der Waals surface area contributed by atoms with Gasteiger partial charge in [-0.1, -0.05) is 18.2 Å². The molecule has 0 N–H and O–H groups in total. The van der Waals surface area contributed by atoms with Crippen molar-refractivity contribution in [2.75, 3.05) is 25.7 Å². The molecule has 1 aliphatic heterocycles. The molecule has 0 unspecified atom stereocenters. The van der Waals surface area contributed by atoms with E-state index in [1.54, 1.807) is 26.4 Å². The molecule has 1 amide bonds. The van der Waals surface area contributed by atoms with E-state index in [9.17, 15) is 4.79 Å². The zero-order valence-electron chi connectivity index (χ0n) is 14.0. The summed E-state index contributed by atoms with van der Waals surface area (Å²) in [6.07, 6.45) is 5.38. The highest BCUT2D eigenvalue weighted by molar-refractivity contribution is 6.04. The number of nitrogens with zero attached hydrogens (tertiary/aromatic N) is 1. The molecule has 0 aromatic heterocycles. The SMILES string of the molecule is COc1ccc(OC)c(C=CC(=O)N2CCCc3ccccc32)c1. The van der Waals surface area contributed by atoms with Crippen LogP contribution >= 0.6 is 0 Å². The second kappa shape index (κ2) is 7.21. The maximum atomic E-state index is 12.7. The summed E-state index contributed by atoms with van der Waals surface area (Å²) in [4.78, 5) is 14.5. The van der Waals surface area contributed by atoms with E-state index in [0.29, 0.717) is 5.75 Å². The number of hydrogen-bond donors (Lipinski definition) is 0. The van der Waals surface area contributed by atoms with Crippen LogP contribution in [0, 0.1) is 0 Å². The maximum Gasteiger partial charge on any atom is 0.250 e. The normalized spacial score (nSPS) is 13.7. The van der Waals surface area contributed by atoms with Crippen LogP contribution < -0.4 is 14.4 Å². The average molecular weight is 323 g/mol. The lowest BCUT2D eigenvalue weighted by atomic mass is 10.0. The minimum atomic E-state index is -0.0213. The van der Waals surface area contributed by atoms with E-state index in [4.69, 9.17) is 9.47 Å². The summed E-state index contributed by atoms with van der Waals surface area (Å²) >= 11 is 0. The number of para-hydroxylation sites is 1. The largest absolute Gasteiger partial charge is 0.497 e. The molecule has 0 radical (unpaired) electrons. The molecule has 124 valence electrons. The molecule has 1 heterocycles. The molecule has 3 rings (SSSR count). The van der Waals surface area contributed by atoms with Crippen molar-refractivity contribution in [1.29, 1.82) is 0 Å². The van der Waals surface area contributed by atoms with Crippen molar-refractivity contribution in [3.8, 4) is 11.5 Å². The zero-order valence-corrected chi connectivity index (χ0v) is 14.0. The predicted octanol–water partition coefficient (Wildman–Crippen LogP) is 3.70. The first kappa shape index (κ1) is 16.1. The second-order valence-corrected chi connectivity index (χ2v) is 5.66. The third kappa shape index (κ3) is 3.27. The van der Waals surface area contributed by atoms with Crippen LogP contribution in [0.1, 0.15) is 17.5 Å². The van der Waals surface area contributed by atoms with E-state index in [-0.39, 0.29) is 5.91 Å². The third-order valence-corrected chi connectivity index (χ3v) is 4.22. The number of methoxy groups -OCH3 is 2. The third-order valence-electron chi connectivity index (χ3n) is 4.22. The minimum absolute atomic E-state index is 0.0213. The summed E-state index contributed by atoms with van der Waals surface area (Å²) in [7, 11) is 3.23. The highest BCUT2D eigenvalue weighted by Crippen LogP contribution is 2.28. The average Bonchev–Trinajstić information content (AvgIpc) is 2.65. The van der Waals surface area contributed by atoms with E-state index in [1.807, 2.05) is 41.3 Å². The van der Waals surface area contributed by atoms with Crippen molar-refractivity contribution in [1.82, 2.24) is 0 Å². The topological polar surface area (TPSA) is 38.8 Å². The number of anilines is 1. The Labute approximate surface area is 142 Å². The van der Waals surface area contributed by atoms with E-state index in [0.717, 1.165) is 36.4 Å².